The minimum absolute atomic E-state index is 0.276. The Morgan fingerprint density at radius 1 is 1.31 bits per heavy atom. The van der Waals surface area contributed by atoms with E-state index in [9.17, 15) is 14.4 Å². The van der Waals surface area contributed by atoms with E-state index in [1.165, 1.54) is 0 Å². The molecule has 0 radical (unpaired) electrons. The van der Waals surface area contributed by atoms with Crippen LogP contribution in [0.5, 0.6) is 0 Å². The van der Waals surface area contributed by atoms with Crippen LogP contribution < -0.4 is 16.8 Å². The van der Waals surface area contributed by atoms with Crippen LogP contribution in [0.3, 0.4) is 0 Å². The Morgan fingerprint density at radius 2 is 1.81 bits per heavy atom. The summed E-state index contributed by atoms with van der Waals surface area (Å²) in [5, 5.41) is 11.1. The third-order valence-electron chi connectivity index (χ3n) is 1.99. The predicted octanol–water partition coefficient (Wildman–Crippen LogP) is -1.59. The summed E-state index contributed by atoms with van der Waals surface area (Å²) in [5.41, 5.74) is 10.2. The molecule has 7 heteroatoms. The minimum Gasteiger partial charge on any atom is -0.480 e. The SMILES string of the molecule is CC(C)C(NC(=O)C(N)CC(N)=O)C(=O)O. The maximum atomic E-state index is 11.4. The maximum absolute atomic E-state index is 11.4. The number of carbonyl (C=O) groups excluding carboxylic acids is 2. The Labute approximate surface area is 93.2 Å². The average molecular weight is 231 g/mol. The van der Waals surface area contributed by atoms with Gasteiger partial charge < -0.3 is 21.9 Å². The molecule has 0 aliphatic heterocycles. The third kappa shape index (κ3) is 4.74. The fraction of sp³-hybridized carbons (Fsp3) is 0.667. The van der Waals surface area contributed by atoms with Crippen molar-refractivity contribution in [2.24, 2.45) is 17.4 Å². The molecule has 0 aromatic heterocycles. The number of aliphatic carboxylic acids is 1. The number of carboxylic acid groups (broad SMARTS) is 1. The predicted molar refractivity (Wildman–Crippen MR) is 56.2 cm³/mol. The number of hydrogen-bond donors (Lipinski definition) is 4. The summed E-state index contributed by atoms with van der Waals surface area (Å²) in [4.78, 5) is 32.7. The highest BCUT2D eigenvalue weighted by Crippen LogP contribution is 2.02. The zero-order chi connectivity index (χ0) is 12.9. The summed E-state index contributed by atoms with van der Waals surface area (Å²) >= 11 is 0. The standard InChI is InChI=1S/C9H17N3O4/c1-4(2)7(9(15)16)12-8(14)5(10)3-6(11)13/h4-5,7H,3,10H2,1-2H3,(H2,11,13)(H,12,14)(H,15,16). The van der Waals surface area contributed by atoms with Crippen LogP contribution in [-0.4, -0.2) is 35.0 Å². The fourth-order valence-corrected chi connectivity index (χ4v) is 1.08. The number of amides is 2. The number of nitrogens with two attached hydrogens (primary N) is 2. The lowest BCUT2D eigenvalue weighted by atomic mass is 10.0. The van der Waals surface area contributed by atoms with Crippen molar-refractivity contribution in [1.29, 1.82) is 0 Å². The minimum atomic E-state index is -1.14. The van der Waals surface area contributed by atoms with E-state index in [0.717, 1.165) is 0 Å². The lowest BCUT2D eigenvalue weighted by molar-refractivity contribution is -0.143. The lowest BCUT2D eigenvalue weighted by Crippen LogP contribution is -2.51. The molecule has 0 aromatic carbocycles. The molecule has 0 heterocycles. The molecule has 0 saturated carbocycles. The van der Waals surface area contributed by atoms with Crippen LogP contribution in [0.4, 0.5) is 0 Å². The van der Waals surface area contributed by atoms with Gasteiger partial charge in [0.1, 0.15) is 6.04 Å². The number of carboxylic acids is 1. The Morgan fingerprint density at radius 3 is 2.12 bits per heavy atom. The summed E-state index contributed by atoms with van der Waals surface area (Å²) in [6.07, 6.45) is -0.309. The van der Waals surface area contributed by atoms with Gasteiger partial charge in [-0.05, 0) is 5.92 Å². The van der Waals surface area contributed by atoms with Gasteiger partial charge in [0.25, 0.3) is 0 Å². The molecule has 2 atom stereocenters. The van der Waals surface area contributed by atoms with Crippen LogP contribution in [0.1, 0.15) is 20.3 Å². The van der Waals surface area contributed by atoms with Crippen molar-refractivity contribution in [2.75, 3.05) is 0 Å². The van der Waals surface area contributed by atoms with E-state index in [1.54, 1.807) is 13.8 Å². The number of primary amides is 1. The van der Waals surface area contributed by atoms with Crippen molar-refractivity contribution >= 4 is 17.8 Å². The van der Waals surface area contributed by atoms with Gasteiger partial charge in [-0.2, -0.15) is 0 Å². The van der Waals surface area contributed by atoms with Crippen LogP contribution in [0.25, 0.3) is 0 Å². The van der Waals surface area contributed by atoms with Crippen LogP contribution in [-0.2, 0) is 14.4 Å². The monoisotopic (exact) mass is 231 g/mol. The molecule has 0 fully saturated rings. The molecule has 0 aliphatic rings. The van der Waals surface area contributed by atoms with E-state index >= 15 is 0 Å². The average Bonchev–Trinajstić information content (AvgIpc) is 2.11. The third-order valence-corrected chi connectivity index (χ3v) is 1.99. The highest BCUT2D eigenvalue weighted by Gasteiger charge is 2.26. The molecular formula is C9H17N3O4. The molecule has 2 amide bonds. The highest BCUT2D eigenvalue weighted by atomic mass is 16.4. The molecule has 16 heavy (non-hydrogen) atoms. The Bertz CT molecular complexity index is 290. The van der Waals surface area contributed by atoms with E-state index in [-0.39, 0.29) is 12.3 Å². The van der Waals surface area contributed by atoms with E-state index in [2.05, 4.69) is 5.32 Å². The lowest BCUT2D eigenvalue weighted by Gasteiger charge is -2.19. The Hall–Kier alpha value is -1.63. The maximum Gasteiger partial charge on any atom is 0.326 e. The van der Waals surface area contributed by atoms with E-state index in [4.69, 9.17) is 16.6 Å². The second kappa shape index (κ2) is 6.06. The van der Waals surface area contributed by atoms with Gasteiger partial charge in [-0.3, -0.25) is 9.59 Å². The van der Waals surface area contributed by atoms with Crippen molar-refractivity contribution in [3.63, 3.8) is 0 Å². The summed E-state index contributed by atoms with van der Waals surface area (Å²) in [6, 6.07) is -2.13. The summed E-state index contributed by atoms with van der Waals surface area (Å²) in [5.74, 6) is -2.82. The zero-order valence-corrected chi connectivity index (χ0v) is 9.27. The summed E-state index contributed by atoms with van der Waals surface area (Å²) < 4.78 is 0. The van der Waals surface area contributed by atoms with Gasteiger partial charge in [-0.15, -0.1) is 0 Å². The van der Waals surface area contributed by atoms with E-state index in [1.807, 2.05) is 0 Å². The first-order chi connectivity index (χ1) is 7.25. The molecule has 92 valence electrons. The Kier molecular flexibility index (Phi) is 5.44. The van der Waals surface area contributed by atoms with Crippen molar-refractivity contribution in [2.45, 2.75) is 32.4 Å². The largest absolute Gasteiger partial charge is 0.480 e. The van der Waals surface area contributed by atoms with E-state index < -0.39 is 29.9 Å². The van der Waals surface area contributed by atoms with Gasteiger partial charge in [0.2, 0.25) is 11.8 Å². The molecule has 0 bridgehead atoms. The molecule has 2 unspecified atom stereocenters. The highest BCUT2D eigenvalue weighted by molar-refractivity contribution is 5.90. The normalized spacial score (nSPS) is 14.2. The molecule has 6 N–H and O–H groups in total. The molecule has 0 spiro atoms. The summed E-state index contributed by atoms with van der Waals surface area (Å²) in [6.45, 7) is 3.30. The molecule has 0 aromatic rings. The van der Waals surface area contributed by atoms with Gasteiger partial charge in [0.05, 0.1) is 12.5 Å². The van der Waals surface area contributed by atoms with Gasteiger partial charge in [-0.1, -0.05) is 13.8 Å². The molecular weight excluding hydrogens is 214 g/mol. The van der Waals surface area contributed by atoms with Crippen LogP contribution in [0, 0.1) is 5.92 Å². The zero-order valence-electron chi connectivity index (χ0n) is 9.27. The quantitative estimate of drug-likeness (QED) is 0.437. The van der Waals surface area contributed by atoms with Crippen molar-refractivity contribution in [3.05, 3.63) is 0 Å². The van der Waals surface area contributed by atoms with E-state index in [0.29, 0.717) is 0 Å². The summed E-state index contributed by atoms with van der Waals surface area (Å²) in [7, 11) is 0. The van der Waals surface area contributed by atoms with Crippen LogP contribution >= 0.6 is 0 Å². The smallest absolute Gasteiger partial charge is 0.326 e. The van der Waals surface area contributed by atoms with Crippen molar-refractivity contribution in [1.82, 2.24) is 5.32 Å². The second-order valence-corrected chi connectivity index (χ2v) is 3.85. The van der Waals surface area contributed by atoms with Gasteiger partial charge in [0, 0.05) is 0 Å². The second-order valence-electron chi connectivity index (χ2n) is 3.85. The Balaban J connectivity index is 4.40. The van der Waals surface area contributed by atoms with Crippen molar-refractivity contribution < 1.29 is 19.5 Å². The van der Waals surface area contributed by atoms with Gasteiger partial charge in [0.15, 0.2) is 0 Å². The van der Waals surface area contributed by atoms with Crippen molar-refractivity contribution in [3.8, 4) is 0 Å². The first-order valence-electron chi connectivity index (χ1n) is 4.82. The first-order valence-corrected chi connectivity index (χ1v) is 4.82. The topological polar surface area (TPSA) is 136 Å². The van der Waals surface area contributed by atoms with Gasteiger partial charge >= 0.3 is 5.97 Å². The first kappa shape index (κ1) is 14.4. The van der Waals surface area contributed by atoms with Crippen LogP contribution in [0.2, 0.25) is 0 Å². The molecule has 7 nitrogen and oxygen atoms in total. The number of rotatable bonds is 6. The van der Waals surface area contributed by atoms with Crippen LogP contribution in [0.15, 0.2) is 0 Å². The number of carbonyl (C=O) groups is 3. The molecule has 0 aliphatic carbocycles. The van der Waals surface area contributed by atoms with Gasteiger partial charge in [-0.25, -0.2) is 4.79 Å². The molecule has 0 rings (SSSR count). The fourth-order valence-electron chi connectivity index (χ4n) is 1.08. The molecule has 0 saturated heterocycles. The number of nitrogens with one attached hydrogen (secondary N) is 1. The number of hydrogen-bond acceptors (Lipinski definition) is 4.